The molecule has 0 aliphatic carbocycles. The van der Waals surface area contributed by atoms with Gasteiger partial charge in [-0.2, -0.15) is 0 Å². The summed E-state index contributed by atoms with van der Waals surface area (Å²) in [6.45, 7) is -0.175. The third-order valence-corrected chi connectivity index (χ3v) is 2.15. The molecule has 4 nitrogen and oxygen atoms in total. The summed E-state index contributed by atoms with van der Waals surface area (Å²) in [5, 5.41) is 28.0. The van der Waals surface area contributed by atoms with Gasteiger partial charge in [-0.15, -0.1) is 0 Å². The van der Waals surface area contributed by atoms with Gasteiger partial charge in [-0.1, -0.05) is 24.3 Å². The Balaban J connectivity index is 2.93. The first-order valence-corrected chi connectivity index (χ1v) is 4.45. The van der Waals surface area contributed by atoms with Crippen LogP contribution in [0.25, 0.3) is 0 Å². The van der Waals surface area contributed by atoms with Crippen LogP contribution in [0.2, 0.25) is 0 Å². The van der Waals surface area contributed by atoms with Gasteiger partial charge in [0.1, 0.15) is 6.10 Å². The molecular formula is C10H15NO3. The largest absolute Gasteiger partial charge is 0.392 e. The third-order valence-electron chi connectivity index (χ3n) is 2.15. The quantitative estimate of drug-likeness (QED) is 0.525. The maximum atomic E-state index is 9.66. The number of aliphatic hydroxyl groups is 3. The fraction of sp³-hybridized carbons (Fsp3) is 0.400. The Kier molecular flexibility index (Phi) is 4.03. The van der Waals surface area contributed by atoms with E-state index in [1.807, 2.05) is 0 Å². The topological polar surface area (TPSA) is 86.7 Å². The van der Waals surface area contributed by atoms with Crippen molar-refractivity contribution in [3.63, 3.8) is 0 Å². The molecule has 0 fully saturated rings. The molecule has 0 aliphatic heterocycles. The highest BCUT2D eigenvalue weighted by Gasteiger charge is 2.18. The highest BCUT2D eigenvalue weighted by Crippen LogP contribution is 2.20. The van der Waals surface area contributed by atoms with Gasteiger partial charge < -0.3 is 21.1 Å². The van der Waals surface area contributed by atoms with Crippen LogP contribution in [0.3, 0.4) is 0 Å². The van der Waals surface area contributed by atoms with Crippen LogP contribution >= 0.6 is 0 Å². The summed E-state index contributed by atoms with van der Waals surface area (Å²) >= 11 is 0. The van der Waals surface area contributed by atoms with Gasteiger partial charge in [0.15, 0.2) is 0 Å². The van der Waals surface area contributed by atoms with Crippen molar-refractivity contribution in [2.45, 2.75) is 18.8 Å². The minimum Gasteiger partial charge on any atom is -0.392 e. The summed E-state index contributed by atoms with van der Waals surface area (Å²) in [5.74, 6) is 0. The Hall–Kier alpha value is -0.940. The maximum Gasteiger partial charge on any atom is 0.106 e. The molecule has 0 aliphatic rings. The second-order valence-electron chi connectivity index (χ2n) is 3.10. The van der Waals surface area contributed by atoms with Crippen LogP contribution in [0.15, 0.2) is 24.3 Å². The highest BCUT2D eigenvalue weighted by molar-refractivity contribution is 5.29. The lowest BCUT2D eigenvalue weighted by Crippen LogP contribution is -2.27. The van der Waals surface area contributed by atoms with E-state index < -0.39 is 12.2 Å². The maximum absolute atomic E-state index is 9.66. The molecule has 5 N–H and O–H groups in total. The Labute approximate surface area is 82.6 Å². The number of hydrogen-bond donors (Lipinski definition) is 4. The molecule has 0 saturated heterocycles. The summed E-state index contributed by atoms with van der Waals surface area (Å²) in [6, 6.07) is 6.86. The standard InChI is InChI=1S/C10H15NO3/c11-5-9(13)10(14)8-4-2-1-3-7(8)6-12/h1-4,9-10,12-14H,5-6,11H2. The van der Waals surface area contributed by atoms with Crippen molar-refractivity contribution in [2.75, 3.05) is 6.54 Å². The first-order chi connectivity index (χ1) is 6.70. The molecule has 0 radical (unpaired) electrons. The SMILES string of the molecule is NCC(O)C(O)c1ccccc1CO. The van der Waals surface area contributed by atoms with E-state index in [2.05, 4.69) is 0 Å². The molecule has 4 heteroatoms. The smallest absolute Gasteiger partial charge is 0.106 e. The second-order valence-corrected chi connectivity index (χ2v) is 3.10. The summed E-state index contributed by atoms with van der Waals surface area (Å²) in [6.07, 6.45) is -2.04. The molecule has 1 rings (SSSR count). The summed E-state index contributed by atoms with van der Waals surface area (Å²) in [7, 11) is 0. The predicted molar refractivity (Wildman–Crippen MR) is 52.4 cm³/mol. The molecular weight excluding hydrogens is 182 g/mol. The summed E-state index contributed by atoms with van der Waals surface area (Å²) in [4.78, 5) is 0. The molecule has 1 aromatic carbocycles. The zero-order valence-corrected chi connectivity index (χ0v) is 7.80. The number of aliphatic hydroxyl groups excluding tert-OH is 3. The number of rotatable bonds is 4. The van der Waals surface area contributed by atoms with E-state index in [1.54, 1.807) is 24.3 Å². The molecule has 0 aromatic heterocycles. The third kappa shape index (κ3) is 2.30. The predicted octanol–water partition coefficient (Wildman–Crippen LogP) is -0.468. The van der Waals surface area contributed by atoms with Gasteiger partial charge in [0.25, 0.3) is 0 Å². The van der Waals surface area contributed by atoms with Gasteiger partial charge in [-0.3, -0.25) is 0 Å². The number of nitrogens with two attached hydrogens (primary N) is 1. The van der Waals surface area contributed by atoms with Crippen molar-refractivity contribution in [1.82, 2.24) is 0 Å². The average molecular weight is 197 g/mol. The lowest BCUT2D eigenvalue weighted by atomic mass is 9.99. The van der Waals surface area contributed by atoms with Crippen LogP contribution in [-0.4, -0.2) is 28.0 Å². The van der Waals surface area contributed by atoms with Gasteiger partial charge >= 0.3 is 0 Å². The van der Waals surface area contributed by atoms with Crippen LogP contribution in [-0.2, 0) is 6.61 Å². The Morgan fingerprint density at radius 2 is 1.86 bits per heavy atom. The lowest BCUT2D eigenvalue weighted by molar-refractivity contribution is 0.0231. The van der Waals surface area contributed by atoms with E-state index in [0.717, 1.165) is 0 Å². The van der Waals surface area contributed by atoms with Crippen LogP contribution < -0.4 is 5.73 Å². The van der Waals surface area contributed by atoms with Crippen molar-refractivity contribution >= 4 is 0 Å². The van der Waals surface area contributed by atoms with Crippen molar-refractivity contribution in [1.29, 1.82) is 0 Å². The van der Waals surface area contributed by atoms with Gasteiger partial charge in [-0.25, -0.2) is 0 Å². The summed E-state index contributed by atoms with van der Waals surface area (Å²) < 4.78 is 0. The molecule has 2 unspecified atom stereocenters. The van der Waals surface area contributed by atoms with Gasteiger partial charge in [0.2, 0.25) is 0 Å². The molecule has 0 spiro atoms. The van der Waals surface area contributed by atoms with Gasteiger partial charge in [-0.05, 0) is 11.1 Å². The van der Waals surface area contributed by atoms with Crippen molar-refractivity contribution in [3.8, 4) is 0 Å². The zero-order chi connectivity index (χ0) is 10.6. The molecule has 0 heterocycles. The Morgan fingerprint density at radius 3 is 2.43 bits per heavy atom. The number of hydrogen-bond acceptors (Lipinski definition) is 4. The van der Waals surface area contributed by atoms with E-state index in [9.17, 15) is 10.2 Å². The van der Waals surface area contributed by atoms with E-state index in [1.165, 1.54) is 0 Å². The van der Waals surface area contributed by atoms with E-state index in [4.69, 9.17) is 10.8 Å². The van der Waals surface area contributed by atoms with Crippen LogP contribution in [0, 0.1) is 0 Å². The van der Waals surface area contributed by atoms with Crippen molar-refractivity contribution in [2.24, 2.45) is 5.73 Å². The molecule has 0 amide bonds. The van der Waals surface area contributed by atoms with E-state index >= 15 is 0 Å². The number of benzene rings is 1. The molecule has 2 atom stereocenters. The van der Waals surface area contributed by atoms with Crippen molar-refractivity contribution in [3.05, 3.63) is 35.4 Å². The lowest BCUT2D eigenvalue weighted by Gasteiger charge is -2.18. The molecule has 0 bridgehead atoms. The minimum absolute atomic E-state index is 0.0130. The van der Waals surface area contributed by atoms with E-state index in [-0.39, 0.29) is 13.2 Å². The van der Waals surface area contributed by atoms with Gasteiger partial charge in [0, 0.05) is 6.54 Å². The van der Waals surface area contributed by atoms with Gasteiger partial charge in [0.05, 0.1) is 12.7 Å². The Bertz CT molecular complexity index is 290. The Morgan fingerprint density at radius 1 is 1.21 bits per heavy atom. The molecule has 0 saturated carbocycles. The molecule has 78 valence electrons. The minimum atomic E-state index is -1.04. The zero-order valence-electron chi connectivity index (χ0n) is 7.80. The first-order valence-electron chi connectivity index (χ1n) is 4.45. The fourth-order valence-electron chi connectivity index (χ4n) is 1.30. The highest BCUT2D eigenvalue weighted by atomic mass is 16.3. The monoisotopic (exact) mass is 197 g/mol. The average Bonchev–Trinajstić information content (AvgIpc) is 2.26. The van der Waals surface area contributed by atoms with Crippen LogP contribution in [0.5, 0.6) is 0 Å². The second kappa shape index (κ2) is 5.07. The summed E-state index contributed by atoms with van der Waals surface area (Å²) in [5.41, 5.74) is 6.35. The van der Waals surface area contributed by atoms with Crippen molar-refractivity contribution < 1.29 is 15.3 Å². The normalized spacial score (nSPS) is 15.1. The molecule has 14 heavy (non-hydrogen) atoms. The fourth-order valence-corrected chi connectivity index (χ4v) is 1.30. The van der Waals surface area contributed by atoms with Crippen LogP contribution in [0.4, 0.5) is 0 Å². The van der Waals surface area contributed by atoms with Crippen LogP contribution in [0.1, 0.15) is 17.2 Å². The molecule has 1 aromatic rings. The first kappa shape index (κ1) is 11.1. The van der Waals surface area contributed by atoms with E-state index in [0.29, 0.717) is 11.1 Å².